The van der Waals surface area contributed by atoms with E-state index in [2.05, 4.69) is 13.8 Å². The maximum Gasteiger partial charge on any atom is 0.0433 e. The maximum absolute atomic E-state index is 8.92. The number of hydrogen-bond donors (Lipinski definition) is 1. The molecule has 0 bridgehead atoms. The molecule has 1 atom stereocenters. The zero-order valence-electron chi connectivity index (χ0n) is 22.1. The number of rotatable bonds is 27. The first kappa shape index (κ1) is 31.0. The van der Waals surface area contributed by atoms with E-state index in [4.69, 9.17) is 5.11 Å². The van der Waals surface area contributed by atoms with Gasteiger partial charge in [0.05, 0.1) is 0 Å². The zero-order valence-corrected chi connectivity index (χ0v) is 22.1. The predicted molar refractivity (Wildman–Crippen MR) is 142 cm³/mol. The summed E-state index contributed by atoms with van der Waals surface area (Å²) in [4.78, 5) is 0. The van der Waals surface area contributed by atoms with E-state index in [1.165, 1.54) is 161 Å². The first-order chi connectivity index (χ1) is 15.3. The lowest BCUT2D eigenvalue weighted by Crippen LogP contribution is -1.97. The molecule has 1 nitrogen and oxygen atoms in total. The monoisotopic (exact) mass is 438 g/mol. The molecule has 0 aromatic rings. The summed E-state index contributed by atoms with van der Waals surface area (Å²) in [6, 6.07) is 0. The van der Waals surface area contributed by atoms with Crippen LogP contribution in [-0.2, 0) is 0 Å². The normalized spacial score (nSPS) is 12.5. The highest BCUT2D eigenvalue weighted by Gasteiger charge is 2.00. The second kappa shape index (κ2) is 28.0. The van der Waals surface area contributed by atoms with Crippen LogP contribution in [0.5, 0.6) is 0 Å². The molecule has 0 spiro atoms. The lowest BCUT2D eigenvalue weighted by atomic mass is 9.99. The van der Waals surface area contributed by atoms with E-state index in [1.807, 2.05) is 0 Å². The third kappa shape index (κ3) is 27.9. The number of hydrogen-bond acceptors (Lipinski definition) is 1. The van der Waals surface area contributed by atoms with Crippen molar-refractivity contribution in [3.63, 3.8) is 0 Å². The Morgan fingerprint density at radius 2 is 0.645 bits per heavy atom. The average molecular weight is 439 g/mol. The Labute approximate surface area is 198 Å². The topological polar surface area (TPSA) is 20.2 Å². The van der Waals surface area contributed by atoms with Gasteiger partial charge in [0.15, 0.2) is 0 Å². The predicted octanol–water partition coefficient (Wildman–Crippen LogP) is 10.8. The first-order valence-corrected chi connectivity index (χ1v) is 14.9. The second-order valence-corrected chi connectivity index (χ2v) is 10.5. The minimum absolute atomic E-state index is 0.362. The van der Waals surface area contributed by atoms with Gasteiger partial charge in [-0.1, -0.05) is 174 Å². The minimum Gasteiger partial charge on any atom is -0.396 e. The Hall–Kier alpha value is -0.0400. The van der Waals surface area contributed by atoms with Crippen LogP contribution in [0.25, 0.3) is 0 Å². The van der Waals surface area contributed by atoms with Gasteiger partial charge in [-0.2, -0.15) is 0 Å². The van der Waals surface area contributed by atoms with Gasteiger partial charge in [0, 0.05) is 6.61 Å². The van der Waals surface area contributed by atoms with Gasteiger partial charge in [0.25, 0.3) is 0 Å². The summed E-state index contributed by atoms with van der Waals surface area (Å²) in [6.07, 6.45) is 37.3. The summed E-state index contributed by atoms with van der Waals surface area (Å²) in [5.41, 5.74) is 0. The van der Waals surface area contributed by atoms with E-state index >= 15 is 0 Å². The molecule has 0 rings (SSSR count). The molecule has 0 amide bonds. The molecule has 0 aliphatic carbocycles. The molecule has 0 saturated heterocycles. The van der Waals surface area contributed by atoms with Gasteiger partial charge in [-0.25, -0.2) is 0 Å². The van der Waals surface area contributed by atoms with Crippen molar-refractivity contribution in [3.05, 3.63) is 0 Å². The minimum atomic E-state index is 0.362. The average Bonchev–Trinajstić information content (AvgIpc) is 2.77. The highest BCUT2D eigenvalue weighted by atomic mass is 16.3. The Morgan fingerprint density at radius 1 is 0.387 bits per heavy atom. The van der Waals surface area contributed by atoms with E-state index in [0.717, 1.165) is 6.42 Å². The van der Waals surface area contributed by atoms with E-state index < -0.39 is 0 Å². The van der Waals surface area contributed by atoms with Gasteiger partial charge in [0.2, 0.25) is 0 Å². The van der Waals surface area contributed by atoms with E-state index in [1.54, 1.807) is 0 Å². The van der Waals surface area contributed by atoms with Crippen molar-refractivity contribution in [2.45, 2.75) is 181 Å². The van der Waals surface area contributed by atoms with Crippen LogP contribution in [-0.4, -0.2) is 11.7 Å². The van der Waals surface area contributed by atoms with E-state index in [0.29, 0.717) is 12.5 Å². The van der Waals surface area contributed by atoms with Crippen molar-refractivity contribution in [2.75, 3.05) is 6.61 Å². The van der Waals surface area contributed by atoms with E-state index in [9.17, 15) is 0 Å². The molecule has 1 N–H and O–H groups in total. The van der Waals surface area contributed by atoms with Crippen molar-refractivity contribution in [1.82, 2.24) is 0 Å². The standard InChI is InChI=1S/C30H62O/c1-3-4-5-6-7-8-9-10-11-12-13-14-15-16-17-18-19-20-21-22-23-24-25-26-27-30(2)28-29-31/h30-31H,3-29H2,1-2H3/t30-/m0/s1. The van der Waals surface area contributed by atoms with Crippen LogP contribution in [0.1, 0.15) is 181 Å². The Kier molecular flexibility index (Phi) is 28.0. The maximum atomic E-state index is 8.92. The molecular weight excluding hydrogens is 376 g/mol. The van der Waals surface area contributed by atoms with Crippen LogP contribution in [0.4, 0.5) is 0 Å². The number of unbranched alkanes of at least 4 members (excludes halogenated alkanes) is 23. The van der Waals surface area contributed by atoms with Crippen LogP contribution < -0.4 is 0 Å². The van der Waals surface area contributed by atoms with E-state index in [-0.39, 0.29) is 0 Å². The highest BCUT2D eigenvalue weighted by molar-refractivity contribution is 4.54. The molecule has 0 saturated carbocycles. The zero-order chi connectivity index (χ0) is 22.7. The molecule has 188 valence electrons. The van der Waals surface area contributed by atoms with Gasteiger partial charge in [-0.15, -0.1) is 0 Å². The third-order valence-corrected chi connectivity index (χ3v) is 7.17. The lowest BCUT2D eigenvalue weighted by Gasteiger charge is -2.08. The summed E-state index contributed by atoms with van der Waals surface area (Å²) in [5, 5.41) is 8.92. The van der Waals surface area contributed by atoms with Gasteiger partial charge in [-0.3, -0.25) is 0 Å². The molecule has 0 unspecified atom stereocenters. The highest BCUT2D eigenvalue weighted by Crippen LogP contribution is 2.17. The fourth-order valence-electron chi connectivity index (χ4n) is 4.82. The molecule has 0 radical (unpaired) electrons. The summed E-state index contributed by atoms with van der Waals surface area (Å²) >= 11 is 0. The molecule has 0 heterocycles. The van der Waals surface area contributed by atoms with Crippen LogP contribution in [0.2, 0.25) is 0 Å². The Balaban J connectivity index is 3.02. The van der Waals surface area contributed by atoms with Gasteiger partial charge >= 0.3 is 0 Å². The largest absolute Gasteiger partial charge is 0.396 e. The SMILES string of the molecule is CCCCCCCCCCCCCCCCCCCCCCCCCC[C@H](C)CCO. The van der Waals surface area contributed by atoms with Crippen molar-refractivity contribution in [2.24, 2.45) is 5.92 Å². The summed E-state index contributed by atoms with van der Waals surface area (Å²) < 4.78 is 0. The van der Waals surface area contributed by atoms with Gasteiger partial charge in [-0.05, 0) is 12.3 Å². The molecule has 31 heavy (non-hydrogen) atoms. The van der Waals surface area contributed by atoms with Crippen LogP contribution in [0, 0.1) is 5.92 Å². The summed E-state index contributed by atoms with van der Waals surface area (Å²) in [5.74, 6) is 0.713. The molecule has 0 aromatic carbocycles. The number of aliphatic hydroxyl groups excluding tert-OH is 1. The first-order valence-electron chi connectivity index (χ1n) is 14.9. The molecule has 1 heteroatoms. The molecule has 0 aliphatic heterocycles. The van der Waals surface area contributed by atoms with Crippen molar-refractivity contribution in [1.29, 1.82) is 0 Å². The van der Waals surface area contributed by atoms with Crippen LogP contribution >= 0.6 is 0 Å². The smallest absolute Gasteiger partial charge is 0.0433 e. The summed E-state index contributed by atoms with van der Waals surface area (Å²) in [7, 11) is 0. The summed E-state index contributed by atoms with van der Waals surface area (Å²) in [6.45, 7) is 4.94. The van der Waals surface area contributed by atoms with Crippen molar-refractivity contribution in [3.8, 4) is 0 Å². The Morgan fingerprint density at radius 3 is 0.903 bits per heavy atom. The fourth-order valence-corrected chi connectivity index (χ4v) is 4.82. The van der Waals surface area contributed by atoms with Crippen LogP contribution in [0.15, 0.2) is 0 Å². The Bertz CT molecular complexity index is 301. The van der Waals surface area contributed by atoms with Crippen molar-refractivity contribution >= 4 is 0 Å². The molecule has 0 aromatic heterocycles. The second-order valence-electron chi connectivity index (χ2n) is 10.5. The lowest BCUT2D eigenvalue weighted by molar-refractivity contribution is 0.256. The molecule has 0 fully saturated rings. The fraction of sp³-hybridized carbons (Fsp3) is 1.00. The number of aliphatic hydroxyl groups is 1. The molecular formula is C30H62O. The third-order valence-electron chi connectivity index (χ3n) is 7.17. The van der Waals surface area contributed by atoms with Gasteiger partial charge < -0.3 is 5.11 Å². The van der Waals surface area contributed by atoms with Gasteiger partial charge in [0.1, 0.15) is 0 Å². The van der Waals surface area contributed by atoms with Crippen LogP contribution in [0.3, 0.4) is 0 Å². The van der Waals surface area contributed by atoms with Crippen molar-refractivity contribution < 1.29 is 5.11 Å². The quantitative estimate of drug-likeness (QED) is 0.126. The molecule has 0 aliphatic rings.